The van der Waals surface area contributed by atoms with E-state index in [2.05, 4.69) is 58.0 Å². The minimum Gasteiger partial charge on any atom is -0.364 e. The molecular formula is C21H21N3O. The molecule has 2 heterocycles. The number of anilines is 1. The van der Waals surface area contributed by atoms with Gasteiger partial charge in [-0.15, -0.1) is 0 Å². The van der Waals surface area contributed by atoms with Crippen LogP contribution < -0.4 is 5.32 Å². The van der Waals surface area contributed by atoms with Crippen LogP contribution >= 0.6 is 0 Å². The summed E-state index contributed by atoms with van der Waals surface area (Å²) in [5, 5.41) is 13.5. The van der Waals surface area contributed by atoms with Crippen LogP contribution in [0.25, 0.3) is 10.8 Å². The number of carbonyl (C=O) groups is 1. The Morgan fingerprint density at radius 2 is 1.92 bits per heavy atom. The standard InChI is InChI=1S/C21H21N3O/c25-18-12-17(11-13-8-9-14-4-1-2-5-16(14)10-13)22-21-19(18)20(23-24-21)15-6-3-7-15/h1-2,4-5,8-10,15,17H,3,6-7,11-12H2,(H2,22,23,24). The van der Waals surface area contributed by atoms with Crippen LogP contribution in [0.3, 0.4) is 0 Å². The van der Waals surface area contributed by atoms with Crippen molar-refractivity contribution in [2.75, 3.05) is 5.32 Å². The van der Waals surface area contributed by atoms with Crippen LogP contribution in [0.2, 0.25) is 0 Å². The highest BCUT2D eigenvalue weighted by molar-refractivity contribution is 6.04. The predicted molar refractivity (Wildman–Crippen MR) is 99.2 cm³/mol. The van der Waals surface area contributed by atoms with Gasteiger partial charge in [-0.3, -0.25) is 9.89 Å². The van der Waals surface area contributed by atoms with Crippen LogP contribution in [-0.2, 0) is 6.42 Å². The summed E-state index contributed by atoms with van der Waals surface area (Å²) in [6.07, 6.45) is 4.97. The number of hydrogen-bond donors (Lipinski definition) is 2. The molecule has 4 heteroatoms. The van der Waals surface area contributed by atoms with Gasteiger partial charge in [0, 0.05) is 18.4 Å². The van der Waals surface area contributed by atoms with E-state index in [9.17, 15) is 4.79 Å². The van der Waals surface area contributed by atoms with Crippen LogP contribution in [-0.4, -0.2) is 22.0 Å². The van der Waals surface area contributed by atoms with Gasteiger partial charge in [-0.25, -0.2) is 0 Å². The Hall–Kier alpha value is -2.62. The first kappa shape index (κ1) is 14.7. The van der Waals surface area contributed by atoms with Gasteiger partial charge < -0.3 is 5.32 Å². The van der Waals surface area contributed by atoms with Crippen LogP contribution in [0.4, 0.5) is 5.82 Å². The van der Waals surface area contributed by atoms with E-state index < -0.39 is 0 Å². The molecule has 0 amide bonds. The first-order valence-electron chi connectivity index (χ1n) is 9.13. The molecule has 2 aromatic carbocycles. The van der Waals surface area contributed by atoms with Gasteiger partial charge in [-0.05, 0) is 35.6 Å². The summed E-state index contributed by atoms with van der Waals surface area (Å²) in [6.45, 7) is 0. The Bertz CT molecular complexity index is 955. The summed E-state index contributed by atoms with van der Waals surface area (Å²) < 4.78 is 0. The smallest absolute Gasteiger partial charge is 0.170 e. The number of carbonyl (C=O) groups excluding carboxylic acids is 1. The molecule has 0 bridgehead atoms. The summed E-state index contributed by atoms with van der Waals surface area (Å²) in [4.78, 5) is 12.7. The topological polar surface area (TPSA) is 57.8 Å². The van der Waals surface area contributed by atoms with Crippen molar-refractivity contribution in [3.05, 3.63) is 59.3 Å². The highest BCUT2D eigenvalue weighted by Crippen LogP contribution is 2.40. The van der Waals surface area contributed by atoms with E-state index in [-0.39, 0.29) is 11.8 Å². The van der Waals surface area contributed by atoms with Gasteiger partial charge in [0.2, 0.25) is 0 Å². The molecule has 1 fully saturated rings. The number of aromatic nitrogens is 2. The molecule has 1 aromatic heterocycles. The van der Waals surface area contributed by atoms with Crippen molar-refractivity contribution in [2.24, 2.45) is 0 Å². The van der Waals surface area contributed by atoms with E-state index in [1.807, 2.05) is 0 Å². The van der Waals surface area contributed by atoms with Crippen molar-refractivity contribution >= 4 is 22.4 Å². The third kappa shape index (κ3) is 2.53. The van der Waals surface area contributed by atoms with Crippen molar-refractivity contribution in [3.8, 4) is 0 Å². The molecule has 25 heavy (non-hydrogen) atoms. The fourth-order valence-corrected chi connectivity index (χ4v) is 4.08. The minimum absolute atomic E-state index is 0.110. The Morgan fingerprint density at radius 1 is 1.08 bits per heavy atom. The maximum atomic E-state index is 12.7. The largest absolute Gasteiger partial charge is 0.364 e. The number of ketones is 1. The quantitative estimate of drug-likeness (QED) is 0.746. The van der Waals surface area contributed by atoms with Crippen LogP contribution in [0.5, 0.6) is 0 Å². The van der Waals surface area contributed by atoms with Gasteiger partial charge in [0.05, 0.1) is 11.3 Å². The Labute approximate surface area is 146 Å². The average molecular weight is 331 g/mol. The lowest BCUT2D eigenvalue weighted by atomic mass is 9.80. The van der Waals surface area contributed by atoms with Crippen molar-refractivity contribution in [3.63, 3.8) is 0 Å². The van der Waals surface area contributed by atoms with Gasteiger partial charge >= 0.3 is 0 Å². The van der Waals surface area contributed by atoms with Crippen LogP contribution in [0, 0.1) is 0 Å². The van der Waals surface area contributed by atoms with Gasteiger partial charge in [-0.2, -0.15) is 5.10 Å². The molecule has 2 aliphatic rings. The lowest BCUT2D eigenvalue weighted by Crippen LogP contribution is -2.31. The second kappa shape index (κ2) is 5.73. The molecule has 1 aliphatic heterocycles. The normalized spacial score (nSPS) is 20.2. The van der Waals surface area contributed by atoms with Crippen molar-refractivity contribution < 1.29 is 4.79 Å². The fourth-order valence-electron chi connectivity index (χ4n) is 4.08. The number of H-pyrrole nitrogens is 1. The Balaban J connectivity index is 1.38. The van der Waals surface area contributed by atoms with Crippen molar-refractivity contribution in [1.29, 1.82) is 0 Å². The zero-order chi connectivity index (χ0) is 16.8. The zero-order valence-corrected chi connectivity index (χ0v) is 14.1. The average Bonchev–Trinajstić information content (AvgIpc) is 2.97. The molecule has 1 atom stereocenters. The molecule has 4 nitrogen and oxygen atoms in total. The van der Waals surface area contributed by atoms with E-state index in [1.54, 1.807) is 0 Å². The number of hydrogen-bond acceptors (Lipinski definition) is 3. The maximum absolute atomic E-state index is 12.7. The fraction of sp³-hybridized carbons (Fsp3) is 0.333. The Morgan fingerprint density at radius 3 is 2.72 bits per heavy atom. The third-order valence-corrected chi connectivity index (χ3v) is 5.66. The molecule has 0 radical (unpaired) electrons. The summed E-state index contributed by atoms with van der Waals surface area (Å²) in [5.41, 5.74) is 3.13. The summed E-state index contributed by atoms with van der Waals surface area (Å²) in [6, 6.07) is 15.0. The van der Waals surface area contributed by atoms with E-state index >= 15 is 0 Å². The molecule has 3 aromatic rings. The molecule has 0 spiro atoms. The summed E-state index contributed by atoms with van der Waals surface area (Å²) in [7, 11) is 0. The Kier molecular flexibility index (Phi) is 3.37. The predicted octanol–water partition coefficient (Wildman–Crippen LogP) is 4.44. The maximum Gasteiger partial charge on any atom is 0.170 e. The second-order valence-electron chi connectivity index (χ2n) is 7.34. The molecular weight excluding hydrogens is 310 g/mol. The van der Waals surface area contributed by atoms with Gasteiger partial charge in [0.15, 0.2) is 11.6 Å². The van der Waals surface area contributed by atoms with Crippen molar-refractivity contribution in [1.82, 2.24) is 10.2 Å². The number of aromatic amines is 1. The molecule has 1 saturated carbocycles. The number of fused-ring (bicyclic) bond motifs is 2. The van der Waals surface area contributed by atoms with Crippen LogP contribution in [0.15, 0.2) is 42.5 Å². The van der Waals surface area contributed by atoms with Gasteiger partial charge in [-0.1, -0.05) is 48.9 Å². The van der Waals surface area contributed by atoms with Gasteiger partial charge in [0.25, 0.3) is 0 Å². The number of rotatable bonds is 3. The molecule has 126 valence electrons. The summed E-state index contributed by atoms with van der Waals surface area (Å²) >= 11 is 0. The molecule has 2 N–H and O–H groups in total. The van der Waals surface area contributed by atoms with E-state index in [0.29, 0.717) is 12.3 Å². The third-order valence-electron chi connectivity index (χ3n) is 5.66. The lowest BCUT2D eigenvalue weighted by molar-refractivity contribution is 0.0970. The monoisotopic (exact) mass is 331 g/mol. The molecule has 0 saturated heterocycles. The van der Waals surface area contributed by atoms with E-state index in [1.165, 1.54) is 35.6 Å². The van der Waals surface area contributed by atoms with E-state index in [0.717, 1.165) is 23.5 Å². The van der Waals surface area contributed by atoms with E-state index in [4.69, 9.17) is 0 Å². The number of Topliss-reactive ketones (excluding diaryl/α,β-unsaturated/α-hetero) is 1. The first-order chi connectivity index (χ1) is 12.3. The SMILES string of the molecule is O=C1CC(Cc2ccc3ccccc3c2)Nc2n[nH]c(C3CCC3)c21. The molecule has 1 aliphatic carbocycles. The second-order valence-corrected chi connectivity index (χ2v) is 7.34. The van der Waals surface area contributed by atoms with Crippen molar-refractivity contribution in [2.45, 2.75) is 44.1 Å². The molecule has 5 rings (SSSR count). The minimum atomic E-state index is 0.110. The number of benzene rings is 2. The number of nitrogens with zero attached hydrogens (tertiary/aromatic N) is 1. The zero-order valence-electron chi connectivity index (χ0n) is 14.1. The number of nitrogens with one attached hydrogen (secondary N) is 2. The molecule has 1 unspecified atom stereocenters. The summed E-state index contributed by atoms with van der Waals surface area (Å²) in [5.74, 6) is 1.48. The first-order valence-corrected chi connectivity index (χ1v) is 9.13. The highest BCUT2D eigenvalue weighted by Gasteiger charge is 2.34. The van der Waals surface area contributed by atoms with Crippen LogP contribution in [0.1, 0.15) is 53.2 Å². The van der Waals surface area contributed by atoms with Gasteiger partial charge in [0.1, 0.15) is 0 Å². The lowest BCUT2D eigenvalue weighted by Gasteiger charge is -2.27. The highest BCUT2D eigenvalue weighted by atomic mass is 16.1.